The lowest BCUT2D eigenvalue weighted by Crippen LogP contribution is -2.40. The van der Waals surface area contributed by atoms with Gasteiger partial charge in [0.25, 0.3) is 0 Å². The molecule has 43 heavy (non-hydrogen) atoms. The fourth-order valence-electron chi connectivity index (χ4n) is 7.43. The van der Waals surface area contributed by atoms with Crippen molar-refractivity contribution in [3.8, 4) is 11.3 Å². The third-order valence-corrected chi connectivity index (χ3v) is 10.9. The molecule has 0 N–H and O–H groups in total. The Morgan fingerprint density at radius 2 is 1.70 bits per heavy atom. The lowest BCUT2D eigenvalue weighted by molar-refractivity contribution is -0.124. The number of anilines is 1. The third-order valence-electron chi connectivity index (χ3n) is 9.60. The average Bonchev–Trinajstić information content (AvgIpc) is 3.59. The van der Waals surface area contributed by atoms with Crippen LogP contribution in [0.3, 0.4) is 0 Å². The summed E-state index contributed by atoms with van der Waals surface area (Å²) in [6, 6.07) is 15.6. The molecule has 6 unspecified atom stereocenters. The standard InChI is InChI=1S/C34H25ClN2O5S/c1-16-25(35)11-10-21-24(34(41)42-15-27(38)28-3-2-12-43-28)14-26(36-31(16)21)17-4-6-18(7-5-17)37-32(39)29-19-8-9-20(23-13-22(19)23)30(29)33(37)40/h2-12,14,19-20,22-23,29-30H,13,15H2,1H3. The molecule has 5 aliphatic rings. The Morgan fingerprint density at radius 3 is 2.35 bits per heavy atom. The summed E-state index contributed by atoms with van der Waals surface area (Å²) in [4.78, 5) is 59.6. The third kappa shape index (κ3) is 4.03. The maximum absolute atomic E-state index is 13.6. The molecule has 2 aromatic carbocycles. The Balaban J connectivity index is 1.11. The number of aryl methyl sites for hydroxylation is 1. The lowest BCUT2D eigenvalue weighted by atomic mass is 9.63. The van der Waals surface area contributed by atoms with Gasteiger partial charge in [-0.3, -0.25) is 19.3 Å². The van der Waals surface area contributed by atoms with Crippen molar-refractivity contribution in [2.75, 3.05) is 11.5 Å². The fraction of sp³-hybridized carbons (Fsp3) is 0.265. The van der Waals surface area contributed by atoms with Crippen LogP contribution < -0.4 is 4.90 Å². The molecule has 2 amide bonds. The predicted molar refractivity (Wildman–Crippen MR) is 163 cm³/mol. The van der Waals surface area contributed by atoms with Gasteiger partial charge in [-0.05, 0) is 78.3 Å². The number of pyridine rings is 1. The maximum atomic E-state index is 13.6. The number of benzene rings is 2. The summed E-state index contributed by atoms with van der Waals surface area (Å²) in [5, 5.41) is 2.86. The molecule has 6 atom stereocenters. The van der Waals surface area contributed by atoms with Crippen molar-refractivity contribution in [2.24, 2.45) is 35.5 Å². The molecule has 214 valence electrons. The van der Waals surface area contributed by atoms with Crippen LogP contribution >= 0.6 is 22.9 Å². The molecule has 9 heteroatoms. The quantitative estimate of drug-likeness (QED) is 0.107. The second-order valence-electron chi connectivity index (χ2n) is 11.8. The molecule has 1 saturated heterocycles. The van der Waals surface area contributed by atoms with Gasteiger partial charge in [0.15, 0.2) is 6.61 Å². The zero-order valence-electron chi connectivity index (χ0n) is 23.0. The SMILES string of the molecule is Cc1c(Cl)ccc2c(C(=O)OCC(=O)c3cccs3)cc(-c3ccc(N4C(=O)C5C6C=CC(C7CC67)C5C4=O)cc3)nc12. The molecule has 7 nitrogen and oxygen atoms in total. The van der Waals surface area contributed by atoms with Crippen LogP contribution in [0.2, 0.25) is 5.02 Å². The van der Waals surface area contributed by atoms with Gasteiger partial charge in [-0.1, -0.05) is 48.0 Å². The molecule has 2 saturated carbocycles. The number of hydrogen-bond acceptors (Lipinski definition) is 7. The average molecular weight is 609 g/mol. The predicted octanol–water partition coefficient (Wildman–Crippen LogP) is 6.52. The summed E-state index contributed by atoms with van der Waals surface area (Å²) >= 11 is 7.70. The van der Waals surface area contributed by atoms with Crippen LogP contribution in [-0.4, -0.2) is 35.2 Å². The molecule has 4 aromatic rings. The number of halogens is 1. The summed E-state index contributed by atoms with van der Waals surface area (Å²) in [6.07, 6.45) is 5.45. The number of esters is 1. The normalized spacial score (nSPS) is 26.5. The number of ether oxygens (including phenoxy) is 1. The first kappa shape index (κ1) is 26.5. The summed E-state index contributed by atoms with van der Waals surface area (Å²) in [5.74, 6) is -0.248. The van der Waals surface area contributed by atoms with Gasteiger partial charge in [0, 0.05) is 16.0 Å². The monoisotopic (exact) mass is 608 g/mol. The molecular weight excluding hydrogens is 584 g/mol. The second kappa shape index (κ2) is 9.69. The number of amides is 2. The molecule has 2 aromatic heterocycles. The van der Waals surface area contributed by atoms with Crippen molar-refractivity contribution in [3.05, 3.63) is 93.2 Å². The highest BCUT2D eigenvalue weighted by molar-refractivity contribution is 7.12. The van der Waals surface area contributed by atoms with Crippen LogP contribution in [0.1, 0.15) is 32.0 Å². The zero-order valence-corrected chi connectivity index (χ0v) is 24.6. The highest BCUT2D eigenvalue weighted by atomic mass is 35.5. The Kier molecular flexibility index (Phi) is 5.97. The van der Waals surface area contributed by atoms with Gasteiger partial charge in [-0.2, -0.15) is 0 Å². The molecular formula is C34H25ClN2O5S. The van der Waals surface area contributed by atoms with Crippen LogP contribution in [0.25, 0.3) is 22.2 Å². The first-order valence-electron chi connectivity index (χ1n) is 14.3. The van der Waals surface area contributed by atoms with E-state index in [2.05, 4.69) is 12.2 Å². The van der Waals surface area contributed by atoms with E-state index in [-0.39, 0.29) is 53.4 Å². The van der Waals surface area contributed by atoms with E-state index in [9.17, 15) is 19.2 Å². The van der Waals surface area contributed by atoms with Gasteiger partial charge in [-0.25, -0.2) is 9.78 Å². The number of ketones is 1. The Morgan fingerprint density at radius 1 is 1.00 bits per heavy atom. The number of fused-ring (bicyclic) bond motifs is 1. The first-order valence-corrected chi connectivity index (χ1v) is 15.6. The van der Waals surface area contributed by atoms with Gasteiger partial charge in [0.2, 0.25) is 17.6 Å². The number of aromatic nitrogens is 1. The Labute approximate surface area is 256 Å². The number of allylic oxidation sites excluding steroid dienone is 2. The number of carbonyl (C=O) groups is 4. The fourth-order valence-corrected chi connectivity index (χ4v) is 8.23. The molecule has 0 spiro atoms. The molecule has 0 radical (unpaired) electrons. The van der Waals surface area contributed by atoms with Gasteiger partial charge in [-0.15, -0.1) is 11.3 Å². The lowest BCUT2D eigenvalue weighted by Gasteiger charge is -2.37. The summed E-state index contributed by atoms with van der Waals surface area (Å²) in [5.41, 5.74) is 3.23. The van der Waals surface area contributed by atoms with Crippen LogP contribution in [0.4, 0.5) is 5.69 Å². The van der Waals surface area contributed by atoms with E-state index >= 15 is 0 Å². The van der Waals surface area contributed by atoms with E-state index < -0.39 is 5.97 Å². The van der Waals surface area contributed by atoms with Crippen molar-refractivity contribution in [1.29, 1.82) is 0 Å². The number of nitrogens with zero attached hydrogens (tertiary/aromatic N) is 2. The van der Waals surface area contributed by atoms with Crippen molar-refractivity contribution < 1.29 is 23.9 Å². The van der Waals surface area contributed by atoms with Crippen LogP contribution in [0.15, 0.2) is 72.1 Å². The van der Waals surface area contributed by atoms with Crippen molar-refractivity contribution in [2.45, 2.75) is 13.3 Å². The van der Waals surface area contributed by atoms with Gasteiger partial charge in [0.1, 0.15) is 0 Å². The summed E-state index contributed by atoms with van der Waals surface area (Å²) in [6.45, 7) is 1.45. The Bertz CT molecular complexity index is 1860. The van der Waals surface area contributed by atoms with Crippen LogP contribution in [0.5, 0.6) is 0 Å². The molecule has 4 aliphatic carbocycles. The highest BCUT2D eigenvalue weighted by Gasteiger charge is 2.67. The van der Waals surface area contributed by atoms with E-state index in [4.69, 9.17) is 21.3 Å². The van der Waals surface area contributed by atoms with Crippen molar-refractivity contribution >= 4 is 63.1 Å². The van der Waals surface area contributed by atoms with Gasteiger partial charge in [0.05, 0.1) is 39.2 Å². The highest BCUT2D eigenvalue weighted by Crippen LogP contribution is 2.65. The molecule has 3 fully saturated rings. The van der Waals surface area contributed by atoms with E-state index in [1.807, 2.05) is 6.92 Å². The number of thiophene rings is 1. The number of Topliss-reactive ketones (excluding diaryl/α,β-unsaturated/α-hetero) is 1. The Hall–Kier alpha value is -4.14. The maximum Gasteiger partial charge on any atom is 0.339 e. The van der Waals surface area contributed by atoms with Crippen molar-refractivity contribution in [1.82, 2.24) is 4.98 Å². The molecule has 3 heterocycles. The largest absolute Gasteiger partial charge is 0.454 e. The van der Waals surface area contributed by atoms with Crippen molar-refractivity contribution in [3.63, 3.8) is 0 Å². The molecule has 1 aliphatic heterocycles. The van der Waals surface area contributed by atoms with Crippen LogP contribution in [-0.2, 0) is 14.3 Å². The molecule has 2 bridgehead atoms. The second-order valence-corrected chi connectivity index (χ2v) is 13.2. The summed E-state index contributed by atoms with van der Waals surface area (Å²) < 4.78 is 5.44. The smallest absolute Gasteiger partial charge is 0.339 e. The van der Waals surface area contributed by atoms with E-state index in [0.29, 0.717) is 55.1 Å². The minimum Gasteiger partial charge on any atom is -0.454 e. The first-order chi connectivity index (χ1) is 20.8. The van der Waals surface area contributed by atoms with Gasteiger partial charge < -0.3 is 4.74 Å². The topological polar surface area (TPSA) is 93.6 Å². The van der Waals surface area contributed by atoms with Crippen LogP contribution in [0, 0.1) is 42.4 Å². The number of hydrogen-bond donors (Lipinski definition) is 0. The summed E-state index contributed by atoms with van der Waals surface area (Å²) in [7, 11) is 0. The van der Waals surface area contributed by atoms with E-state index in [1.54, 1.807) is 60.0 Å². The minimum atomic E-state index is -0.644. The number of rotatable bonds is 6. The van der Waals surface area contributed by atoms with E-state index in [1.165, 1.54) is 16.2 Å². The van der Waals surface area contributed by atoms with Gasteiger partial charge >= 0.3 is 5.97 Å². The number of carbonyl (C=O) groups excluding carboxylic acids is 4. The minimum absolute atomic E-state index is 0.108. The number of imide groups is 1. The molecule has 9 rings (SSSR count). The van der Waals surface area contributed by atoms with E-state index in [0.717, 1.165) is 6.42 Å². The zero-order chi connectivity index (χ0) is 29.6.